The van der Waals surface area contributed by atoms with Crippen LogP contribution in [0.4, 0.5) is 0 Å². The Morgan fingerprint density at radius 2 is 2.12 bits per heavy atom. The summed E-state index contributed by atoms with van der Waals surface area (Å²) in [7, 11) is -4.14. The molecule has 0 aliphatic carbocycles. The Morgan fingerprint density at radius 3 is 2.56 bits per heavy atom. The number of rotatable bonds is 0. The number of nitrogens with zero attached hydrogens (tertiary/aromatic N) is 1. The van der Waals surface area contributed by atoms with Crippen LogP contribution in [0.2, 0.25) is 0 Å². The third-order valence-corrected chi connectivity index (χ3v) is 3.41. The van der Waals surface area contributed by atoms with Gasteiger partial charge in [0.25, 0.3) is 0 Å². The van der Waals surface area contributed by atoms with Gasteiger partial charge in [0.1, 0.15) is 6.04 Å². The Labute approximate surface area is 91.6 Å². The van der Waals surface area contributed by atoms with E-state index in [1.54, 1.807) is 0 Å². The highest BCUT2D eigenvalue weighted by Crippen LogP contribution is 2.39. The molecule has 2 N–H and O–H groups in total. The summed E-state index contributed by atoms with van der Waals surface area (Å²) in [5.41, 5.74) is 5.51. The van der Waals surface area contributed by atoms with Gasteiger partial charge in [-0.1, -0.05) is 0 Å². The molecule has 1 spiro atoms. The maximum absolute atomic E-state index is 11.4. The highest BCUT2D eigenvalue weighted by molar-refractivity contribution is 7.82. The number of piperidine rings is 1. The number of ketones is 1. The molecule has 2 saturated heterocycles. The highest BCUT2D eigenvalue weighted by atomic mass is 32.3. The monoisotopic (exact) mass is 250 g/mol. The lowest BCUT2D eigenvalue weighted by Gasteiger charge is -2.50. The van der Waals surface area contributed by atoms with E-state index in [0.717, 1.165) is 4.90 Å². The first-order chi connectivity index (χ1) is 7.28. The van der Waals surface area contributed by atoms with Crippen LogP contribution in [0.3, 0.4) is 0 Å². The van der Waals surface area contributed by atoms with Crippen molar-refractivity contribution in [2.75, 3.05) is 6.54 Å². The molecule has 0 aromatic heterocycles. The molecule has 1 amide bonds. The lowest BCUT2D eigenvalue weighted by molar-refractivity contribution is -0.285. The van der Waals surface area contributed by atoms with Crippen LogP contribution in [0.5, 0.6) is 0 Å². The largest absolute Gasteiger partial charge is 0.408 e. The second kappa shape index (κ2) is 3.23. The van der Waals surface area contributed by atoms with E-state index < -0.39 is 34.0 Å². The highest BCUT2D eigenvalue weighted by Gasteiger charge is 2.65. The van der Waals surface area contributed by atoms with E-state index in [2.05, 4.69) is 8.37 Å². The van der Waals surface area contributed by atoms with Crippen LogP contribution in [0.25, 0.3) is 0 Å². The number of amides is 1. The zero-order chi connectivity index (χ0) is 12.1. The number of likely N-dealkylation sites (tertiary alicyclic amines) is 1. The van der Waals surface area contributed by atoms with E-state index >= 15 is 0 Å². The SMILES string of the molecule is CC(=O)N1CCC(=O)C(N)C12OS(=O)(=O)O2. The number of Topliss-reactive ketones (excluding diaryl/α,β-unsaturated/α-hetero) is 1. The Kier molecular flexibility index (Phi) is 2.31. The molecule has 2 aliphatic rings. The lowest BCUT2D eigenvalue weighted by Crippen LogP contribution is -2.75. The first-order valence-corrected chi connectivity index (χ1v) is 5.84. The van der Waals surface area contributed by atoms with Crippen molar-refractivity contribution in [2.45, 2.75) is 25.3 Å². The molecular formula is C7H10N2O6S. The van der Waals surface area contributed by atoms with Gasteiger partial charge in [0.15, 0.2) is 5.78 Å². The Morgan fingerprint density at radius 1 is 1.56 bits per heavy atom. The fraction of sp³-hybridized carbons (Fsp3) is 0.714. The Hall–Kier alpha value is -1.03. The van der Waals surface area contributed by atoms with Gasteiger partial charge in [-0.3, -0.25) is 14.5 Å². The van der Waals surface area contributed by atoms with Crippen molar-refractivity contribution >= 4 is 22.1 Å². The van der Waals surface area contributed by atoms with Crippen LogP contribution in [-0.2, 0) is 28.4 Å². The minimum atomic E-state index is -4.14. The van der Waals surface area contributed by atoms with Crippen LogP contribution in [0.15, 0.2) is 0 Å². The zero-order valence-electron chi connectivity index (χ0n) is 8.37. The predicted molar refractivity (Wildman–Crippen MR) is 48.8 cm³/mol. The van der Waals surface area contributed by atoms with Crippen LogP contribution < -0.4 is 5.73 Å². The van der Waals surface area contributed by atoms with Crippen molar-refractivity contribution < 1.29 is 26.4 Å². The number of hydrogen-bond donors (Lipinski definition) is 1. The first kappa shape index (κ1) is 11.5. The molecule has 1 atom stereocenters. The van der Waals surface area contributed by atoms with Gasteiger partial charge in [0, 0.05) is 19.9 Å². The molecule has 90 valence electrons. The molecule has 0 saturated carbocycles. The molecule has 0 bridgehead atoms. The second-order valence-electron chi connectivity index (χ2n) is 3.57. The normalized spacial score (nSPS) is 31.2. The molecule has 8 nitrogen and oxygen atoms in total. The van der Waals surface area contributed by atoms with E-state index in [-0.39, 0.29) is 13.0 Å². The standard InChI is InChI=1S/C7H10N2O6S/c1-4(10)9-3-2-5(11)6(8)7(9)14-16(12,13)15-7/h6H,2-3,8H2,1H3. The fourth-order valence-corrected chi connectivity index (χ4v) is 2.76. The van der Waals surface area contributed by atoms with Crippen molar-refractivity contribution in [1.82, 2.24) is 4.90 Å². The third kappa shape index (κ3) is 1.44. The van der Waals surface area contributed by atoms with Gasteiger partial charge in [-0.05, 0) is 0 Å². The molecule has 16 heavy (non-hydrogen) atoms. The minimum Gasteiger partial charge on any atom is -0.315 e. The minimum absolute atomic E-state index is 0.0252. The second-order valence-corrected chi connectivity index (χ2v) is 4.72. The lowest BCUT2D eigenvalue weighted by atomic mass is 10.0. The van der Waals surface area contributed by atoms with Crippen molar-refractivity contribution in [3.05, 3.63) is 0 Å². The average Bonchev–Trinajstić information content (AvgIpc) is 2.10. The van der Waals surface area contributed by atoms with Crippen LogP contribution in [0.1, 0.15) is 13.3 Å². The van der Waals surface area contributed by atoms with E-state index in [1.807, 2.05) is 0 Å². The van der Waals surface area contributed by atoms with Crippen LogP contribution in [0, 0.1) is 0 Å². The Balaban J connectivity index is 2.36. The molecule has 1 unspecified atom stereocenters. The fourth-order valence-electron chi connectivity index (χ4n) is 1.77. The number of carbonyl (C=O) groups excluding carboxylic acids is 2. The van der Waals surface area contributed by atoms with Gasteiger partial charge >= 0.3 is 16.3 Å². The van der Waals surface area contributed by atoms with Crippen molar-refractivity contribution in [2.24, 2.45) is 5.73 Å². The van der Waals surface area contributed by atoms with E-state index in [1.165, 1.54) is 6.92 Å². The van der Waals surface area contributed by atoms with Crippen molar-refractivity contribution in [3.63, 3.8) is 0 Å². The van der Waals surface area contributed by atoms with E-state index in [9.17, 15) is 18.0 Å². The Bertz CT molecular complexity index is 445. The quantitative estimate of drug-likeness (QED) is 0.532. The molecule has 0 aromatic carbocycles. The van der Waals surface area contributed by atoms with Gasteiger partial charge in [0.2, 0.25) is 5.91 Å². The molecule has 2 aliphatic heterocycles. The molecule has 2 fully saturated rings. The maximum Gasteiger partial charge on any atom is 0.408 e. The summed E-state index contributed by atoms with van der Waals surface area (Å²) in [6, 6.07) is -1.31. The summed E-state index contributed by atoms with van der Waals surface area (Å²) in [4.78, 5) is 23.6. The topological polar surface area (TPSA) is 116 Å². The van der Waals surface area contributed by atoms with E-state index in [4.69, 9.17) is 5.73 Å². The number of hydrogen-bond acceptors (Lipinski definition) is 7. The summed E-state index contributed by atoms with van der Waals surface area (Å²) < 4.78 is 30.7. The van der Waals surface area contributed by atoms with Gasteiger partial charge in [-0.2, -0.15) is 16.8 Å². The summed E-state index contributed by atoms with van der Waals surface area (Å²) in [6.07, 6.45) is 0.0509. The summed E-state index contributed by atoms with van der Waals surface area (Å²) >= 11 is 0. The molecule has 2 heterocycles. The molecule has 0 radical (unpaired) electrons. The van der Waals surface area contributed by atoms with Gasteiger partial charge in [0.05, 0.1) is 0 Å². The van der Waals surface area contributed by atoms with Gasteiger partial charge < -0.3 is 5.73 Å². The van der Waals surface area contributed by atoms with Crippen molar-refractivity contribution in [3.8, 4) is 0 Å². The molecule has 0 aromatic rings. The summed E-state index contributed by atoms with van der Waals surface area (Å²) in [5, 5.41) is 0. The average molecular weight is 250 g/mol. The van der Waals surface area contributed by atoms with Crippen LogP contribution >= 0.6 is 0 Å². The molecule has 2 rings (SSSR count). The number of carbonyl (C=O) groups is 2. The molecule has 9 heteroatoms. The smallest absolute Gasteiger partial charge is 0.315 e. The van der Waals surface area contributed by atoms with Gasteiger partial charge in [-0.15, -0.1) is 0 Å². The zero-order valence-corrected chi connectivity index (χ0v) is 9.19. The summed E-state index contributed by atoms with van der Waals surface area (Å²) in [5.74, 6) is -2.86. The van der Waals surface area contributed by atoms with Crippen molar-refractivity contribution in [1.29, 1.82) is 0 Å². The van der Waals surface area contributed by atoms with Crippen LogP contribution in [-0.4, -0.2) is 43.5 Å². The first-order valence-electron chi connectivity index (χ1n) is 4.51. The van der Waals surface area contributed by atoms with Gasteiger partial charge in [-0.25, -0.2) is 0 Å². The number of nitrogens with two attached hydrogens (primary N) is 1. The summed E-state index contributed by atoms with van der Waals surface area (Å²) in [6.45, 7) is 1.24. The van der Waals surface area contributed by atoms with E-state index in [0.29, 0.717) is 0 Å². The maximum atomic E-state index is 11.4. The predicted octanol–water partition coefficient (Wildman–Crippen LogP) is -1.92. The molecular weight excluding hydrogens is 240 g/mol. The third-order valence-electron chi connectivity index (χ3n) is 2.52.